The second kappa shape index (κ2) is 21.6. The maximum absolute atomic E-state index is 6.16. The van der Waals surface area contributed by atoms with Crippen molar-refractivity contribution in [1.29, 1.82) is 0 Å². The Labute approximate surface area is 216 Å². The first-order valence-corrected chi connectivity index (χ1v) is 12.3. The van der Waals surface area contributed by atoms with Crippen molar-refractivity contribution in [3.63, 3.8) is 0 Å². The first-order chi connectivity index (χ1) is 17.6. The van der Waals surface area contributed by atoms with Crippen molar-refractivity contribution < 1.29 is 47.4 Å². The van der Waals surface area contributed by atoms with Gasteiger partial charge >= 0.3 is 0 Å². The Hall–Kier alpha value is -1.50. The Morgan fingerprint density at radius 2 is 0.694 bits per heavy atom. The molecule has 0 fully saturated rings. The highest BCUT2D eigenvalue weighted by molar-refractivity contribution is 5.58. The summed E-state index contributed by atoms with van der Waals surface area (Å²) in [7, 11) is 6.62. The minimum absolute atomic E-state index is 0.398. The van der Waals surface area contributed by atoms with Crippen molar-refractivity contribution in [3.05, 3.63) is 22.3 Å². The molecule has 10 heteroatoms. The molecule has 0 atom stereocenters. The molecule has 1 aromatic rings. The molecule has 0 saturated heterocycles. The summed E-state index contributed by atoms with van der Waals surface area (Å²) in [6.07, 6.45) is 0. The Morgan fingerprint density at radius 3 is 1.00 bits per heavy atom. The summed E-state index contributed by atoms with van der Waals surface area (Å²) in [6.45, 7) is 10.8. The van der Waals surface area contributed by atoms with Crippen molar-refractivity contribution in [2.75, 3.05) is 108 Å². The van der Waals surface area contributed by atoms with Crippen LogP contribution in [0.1, 0.15) is 22.3 Å². The standard InChI is InChI=1S/C26H46O10/c1-21-23(19-29-5)26(36-18-16-34-14-12-32-10-8-28-4)22(2)24(20-30-6)25(21)35-17-15-33-13-11-31-9-7-27-3/h7-20H2,1-6H3. The molecule has 1 aromatic carbocycles. The van der Waals surface area contributed by atoms with Gasteiger partial charge in [-0.05, 0) is 13.8 Å². The van der Waals surface area contributed by atoms with E-state index in [0.717, 1.165) is 33.8 Å². The molecule has 0 aliphatic heterocycles. The predicted molar refractivity (Wildman–Crippen MR) is 135 cm³/mol. The Bertz CT molecular complexity index is 626. The van der Waals surface area contributed by atoms with Crippen molar-refractivity contribution >= 4 is 0 Å². The van der Waals surface area contributed by atoms with Gasteiger partial charge in [-0.2, -0.15) is 0 Å². The SMILES string of the molecule is COCCOCCOCCOc1c(C)c(COC)c(OCCOCCOCCOC)c(C)c1COC. The van der Waals surface area contributed by atoms with Crippen LogP contribution in [0.25, 0.3) is 0 Å². The van der Waals surface area contributed by atoms with Gasteiger partial charge in [0.15, 0.2) is 0 Å². The molecule has 0 radical (unpaired) electrons. The van der Waals surface area contributed by atoms with E-state index in [2.05, 4.69) is 0 Å². The molecule has 0 aromatic heterocycles. The van der Waals surface area contributed by atoms with Crippen LogP contribution >= 0.6 is 0 Å². The molecule has 0 aliphatic rings. The molecular weight excluding hydrogens is 472 g/mol. The van der Waals surface area contributed by atoms with Crippen LogP contribution in [0.4, 0.5) is 0 Å². The fourth-order valence-electron chi connectivity index (χ4n) is 3.43. The van der Waals surface area contributed by atoms with Crippen LogP contribution in [0.3, 0.4) is 0 Å². The van der Waals surface area contributed by atoms with E-state index >= 15 is 0 Å². The van der Waals surface area contributed by atoms with Gasteiger partial charge in [-0.15, -0.1) is 0 Å². The summed E-state index contributed by atoms with van der Waals surface area (Å²) in [6, 6.07) is 0. The lowest BCUT2D eigenvalue weighted by atomic mass is 9.97. The third-order valence-electron chi connectivity index (χ3n) is 5.27. The third kappa shape index (κ3) is 12.6. The highest BCUT2D eigenvalue weighted by Gasteiger charge is 2.22. The summed E-state index contributed by atoms with van der Waals surface area (Å²) in [5.41, 5.74) is 3.81. The molecule has 10 nitrogen and oxygen atoms in total. The highest BCUT2D eigenvalue weighted by atomic mass is 16.6. The monoisotopic (exact) mass is 518 g/mol. The van der Waals surface area contributed by atoms with Crippen LogP contribution in [0.2, 0.25) is 0 Å². The zero-order valence-electron chi connectivity index (χ0n) is 23.0. The lowest BCUT2D eigenvalue weighted by Gasteiger charge is -2.23. The van der Waals surface area contributed by atoms with Gasteiger partial charge in [0.25, 0.3) is 0 Å². The van der Waals surface area contributed by atoms with E-state index < -0.39 is 0 Å². The fraction of sp³-hybridized carbons (Fsp3) is 0.769. The van der Waals surface area contributed by atoms with E-state index in [9.17, 15) is 0 Å². The van der Waals surface area contributed by atoms with Crippen molar-refractivity contribution in [3.8, 4) is 11.5 Å². The molecule has 36 heavy (non-hydrogen) atoms. The second-order valence-corrected chi connectivity index (χ2v) is 7.86. The first-order valence-electron chi connectivity index (χ1n) is 12.3. The molecule has 0 saturated carbocycles. The molecule has 0 N–H and O–H groups in total. The van der Waals surface area contributed by atoms with Crippen LogP contribution in [0.5, 0.6) is 11.5 Å². The second-order valence-electron chi connectivity index (χ2n) is 7.86. The van der Waals surface area contributed by atoms with Gasteiger partial charge in [-0.3, -0.25) is 0 Å². The van der Waals surface area contributed by atoms with E-state index in [1.54, 1.807) is 28.4 Å². The average molecular weight is 519 g/mol. The van der Waals surface area contributed by atoms with Crippen LogP contribution in [0.15, 0.2) is 0 Å². The number of methoxy groups -OCH3 is 4. The lowest BCUT2D eigenvalue weighted by molar-refractivity contribution is 0.0173. The summed E-state index contributed by atoms with van der Waals surface area (Å²) in [4.78, 5) is 0. The molecule has 0 spiro atoms. The highest BCUT2D eigenvalue weighted by Crippen LogP contribution is 2.39. The van der Waals surface area contributed by atoms with Crippen LogP contribution < -0.4 is 9.47 Å². The first kappa shape index (κ1) is 32.5. The maximum Gasteiger partial charge on any atom is 0.128 e. The normalized spacial score (nSPS) is 11.3. The fourth-order valence-corrected chi connectivity index (χ4v) is 3.43. The number of rotatable bonds is 24. The van der Waals surface area contributed by atoms with Gasteiger partial charge < -0.3 is 47.4 Å². The number of ether oxygens (including phenoxy) is 10. The zero-order chi connectivity index (χ0) is 26.4. The Kier molecular flexibility index (Phi) is 19.5. The van der Waals surface area contributed by atoms with E-state index in [1.807, 2.05) is 13.8 Å². The molecule has 210 valence electrons. The smallest absolute Gasteiger partial charge is 0.128 e. The van der Waals surface area contributed by atoms with Crippen LogP contribution in [-0.2, 0) is 51.1 Å². The van der Waals surface area contributed by atoms with Gasteiger partial charge in [0.2, 0.25) is 0 Å². The van der Waals surface area contributed by atoms with Crippen molar-refractivity contribution in [2.24, 2.45) is 0 Å². The molecule has 0 bridgehead atoms. The van der Waals surface area contributed by atoms with Gasteiger partial charge in [0, 0.05) is 50.7 Å². The zero-order valence-corrected chi connectivity index (χ0v) is 23.0. The van der Waals surface area contributed by atoms with Gasteiger partial charge in [-0.25, -0.2) is 0 Å². The lowest BCUT2D eigenvalue weighted by Crippen LogP contribution is -2.16. The van der Waals surface area contributed by atoms with E-state index in [-0.39, 0.29) is 0 Å². The Morgan fingerprint density at radius 1 is 0.389 bits per heavy atom. The minimum Gasteiger partial charge on any atom is -0.491 e. The van der Waals surface area contributed by atoms with E-state index in [4.69, 9.17) is 47.4 Å². The predicted octanol–water partition coefficient (Wildman–Crippen LogP) is 2.71. The molecular formula is C26H46O10. The molecule has 0 amide bonds. The van der Waals surface area contributed by atoms with E-state index in [1.165, 1.54) is 0 Å². The summed E-state index contributed by atoms with van der Waals surface area (Å²) < 4.78 is 55.2. The van der Waals surface area contributed by atoms with Gasteiger partial charge in [0.05, 0.1) is 79.3 Å². The minimum atomic E-state index is 0.398. The van der Waals surface area contributed by atoms with Crippen molar-refractivity contribution in [1.82, 2.24) is 0 Å². The molecule has 1 rings (SSSR count). The topological polar surface area (TPSA) is 92.3 Å². The quantitative estimate of drug-likeness (QED) is 0.190. The van der Waals surface area contributed by atoms with Gasteiger partial charge in [0.1, 0.15) is 24.7 Å². The number of benzene rings is 1. The summed E-state index contributed by atoms with van der Waals surface area (Å²) in [5.74, 6) is 1.55. The third-order valence-corrected chi connectivity index (χ3v) is 5.27. The average Bonchev–Trinajstić information content (AvgIpc) is 2.88. The molecule has 0 aliphatic carbocycles. The summed E-state index contributed by atoms with van der Waals surface area (Å²) >= 11 is 0. The molecule has 0 unspecified atom stereocenters. The van der Waals surface area contributed by atoms with E-state index in [0.29, 0.717) is 92.5 Å². The largest absolute Gasteiger partial charge is 0.491 e. The Balaban J connectivity index is 2.70. The molecule has 0 heterocycles. The maximum atomic E-state index is 6.16. The van der Waals surface area contributed by atoms with Crippen LogP contribution in [-0.4, -0.2) is 108 Å². The number of hydrogen-bond donors (Lipinski definition) is 0. The van der Waals surface area contributed by atoms with Crippen LogP contribution in [0, 0.1) is 13.8 Å². The summed E-state index contributed by atoms with van der Waals surface area (Å²) in [5, 5.41) is 0. The van der Waals surface area contributed by atoms with Crippen molar-refractivity contribution in [2.45, 2.75) is 27.1 Å². The van der Waals surface area contributed by atoms with Gasteiger partial charge in [-0.1, -0.05) is 0 Å². The number of hydrogen-bond acceptors (Lipinski definition) is 10.